The molecule has 0 N–H and O–H groups in total. The Morgan fingerprint density at radius 2 is 2.40 bits per heavy atom. The highest BCUT2D eigenvalue weighted by Crippen LogP contribution is 2.12. The molecule has 1 unspecified atom stereocenters. The van der Waals surface area contributed by atoms with Gasteiger partial charge in [0, 0.05) is 0 Å². The van der Waals surface area contributed by atoms with Crippen molar-refractivity contribution < 1.29 is 8.78 Å². The minimum absolute atomic E-state index is 0.438. The van der Waals surface area contributed by atoms with E-state index < -0.39 is 18.5 Å². The maximum Gasteiger partial charge on any atom is 0.255 e. The third-order valence-corrected chi connectivity index (χ3v) is 1.07. The molecule has 0 aromatic heterocycles. The lowest BCUT2D eigenvalue weighted by Crippen LogP contribution is -2.23. The molecule has 0 fully saturated rings. The van der Waals surface area contributed by atoms with E-state index in [2.05, 4.69) is 17.9 Å². The van der Waals surface area contributed by atoms with E-state index in [9.17, 15) is 8.78 Å². The quantitative estimate of drug-likeness (QED) is 0.442. The molecule has 0 aromatic rings. The molecule has 0 spiro atoms. The normalized spacial score (nSPS) is 24.8. The van der Waals surface area contributed by atoms with E-state index >= 15 is 0 Å². The minimum atomic E-state index is -2.41. The van der Waals surface area contributed by atoms with E-state index in [0.29, 0.717) is 0 Å². The molecule has 0 aromatic carbocycles. The smallest absolute Gasteiger partial charge is 0.255 e. The molecule has 1 heterocycles. The fraction of sp³-hybridized carbons (Fsp3) is 0.600. The van der Waals surface area contributed by atoms with Crippen LogP contribution in [0.4, 0.5) is 8.78 Å². The summed E-state index contributed by atoms with van der Waals surface area (Å²) in [5, 5.41) is 0. The van der Waals surface area contributed by atoms with Gasteiger partial charge in [-0.15, -0.1) is 0 Å². The van der Waals surface area contributed by atoms with E-state index in [0.717, 1.165) is 4.90 Å². The molecule has 0 bridgehead atoms. The number of aliphatic imine (C=N–C) groups is 1. The molecule has 1 aliphatic heterocycles. The Balaban J connectivity index is 2.26. The van der Waals surface area contributed by atoms with Gasteiger partial charge in [-0.25, -0.2) is 13.8 Å². The number of hydrogen-bond donors (Lipinski definition) is 0. The lowest BCUT2D eigenvalue weighted by Gasteiger charge is -2.09. The monoisotopic (exact) mass is 165 g/mol. The van der Waals surface area contributed by atoms with Crippen molar-refractivity contribution in [3.63, 3.8) is 0 Å². The summed E-state index contributed by atoms with van der Waals surface area (Å²) in [6.45, 7) is 1.99. The van der Waals surface area contributed by atoms with Crippen LogP contribution in [0.15, 0.2) is 4.99 Å². The van der Waals surface area contributed by atoms with Gasteiger partial charge in [0.15, 0.2) is 11.8 Å². The van der Waals surface area contributed by atoms with Crippen molar-refractivity contribution in [3.05, 3.63) is 6.54 Å². The molecule has 0 amide bonds. The molecular formula is C5H4ClF2N2. The number of rotatable bonds is 2. The van der Waals surface area contributed by atoms with Crippen molar-refractivity contribution in [1.82, 2.24) is 4.90 Å². The molecule has 2 nitrogen and oxygen atoms in total. The van der Waals surface area contributed by atoms with Gasteiger partial charge in [0.1, 0.15) is 6.54 Å². The molecule has 0 saturated heterocycles. The van der Waals surface area contributed by atoms with E-state index in [1.54, 1.807) is 0 Å². The van der Waals surface area contributed by atoms with E-state index in [1.165, 1.54) is 0 Å². The van der Waals surface area contributed by atoms with Gasteiger partial charge >= 0.3 is 0 Å². The maximum atomic E-state index is 11.6. The van der Waals surface area contributed by atoms with Crippen LogP contribution in [0.1, 0.15) is 0 Å². The first kappa shape index (κ1) is 7.72. The predicted molar refractivity (Wildman–Crippen MR) is 33.0 cm³/mol. The highest BCUT2D eigenvalue weighted by Gasteiger charge is 2.19. The van der Waals surface area contributed by atoms with Crippen molar-refractivity contribution in [3.8, 4) is 0 Å². The second-order valence-corrected chi connectivity index (χ2v) is 2.11. The summed E-state index contributed by atoms with van der Waals surface area (Å²) < 4.78 is 23.2. The molecule has 1 aliphatic rings. The van der Waals surface area contributed by atoms with Gasteiger partial charge in [0.25, 0.3) is 6.43 Å². The first-order chi connectivity index (χ1) is 4.68. The van der Waals surface area contributed by atoms with Crippen molar-refractivity contribution in [2.24, 2.45) is 4.99 Å². The van der Waals surface area contributed by atoms with Gasteiger partial charge in [-0.05, 0) is 0 Å². The zero-order valence-corrected chi connectivity index (χ0v) is 5.65. The minimum Gasteiger partial charge on any atom is -0.334 e. The molecule has 10 heavy (non-hydrogen) atoms. The summed E-state index contributed by atoms with van der Waals surface area (Å²) in [6, 6.07) is 0. The molecule has 1 rings (SSSR count). The van der Waals surface area contributed by atoms with Crippen LogP contribution in [0.3, 0.4) is 0 Å². The van der Waals surface area contributed by atoms with Crippen LogP contribution < -0.4 is 0 Å². The van der Waals surface area contributed by atoms with Crippen molar-refractivity contribution in [2.45, 2.75) is 11.9 Å². The Bertz CT molecular complexity index is 140. The zero-order chi connectivity index (χ0) is 7.56. The topological polar surface area (TPSA) is 15.6 Å². The Labute approximate surface area is 62.5 Å². The summed E-state index contributed by atoms with van der Waals surface area (Å²) in [5.41, 5.74) is -0.654. The highest BCUT2D eigenvalue weighted by atomic mass is 35.5. The fourth-order valence-electron chi connectivity index (χ4n) is 0.538. The van der Waals surface area contributed by atoms with Crippen LogP contribution in [0.2, 0.25) is 0 Å². The average Bonchev–Trinajstić information content (AvgIpc) is 2.13. The van der Waals surface area contributed by atoms with Gasteiger partial charge in [0.05, 0.1) is 6.54 Å². The van der Waals surface area contributed by atoms with Crippen LogP contribution in [0, 0.1) is 6.54 Å². The first-order valence-corrected chi connectivity index (χ1v) is 3.03. The van der Waals surface area contributed by atoms with E-state index in [1.807, 2.05) is 0 Å². The molecule has 1 atom stereocenters. The van der Waals surface area contributed by atoms with Crippen LogP contribution in [-0.2, 0) is 0 Å². The standard InChI is InChI=1S/C5H4ClF2N2/c6-4-1-10(3-9-4)2-5(7)8/h4-5H,2H2. The average molecular weight is 166 g/mol. The van der Waals surface area contributed by atoms with Crippen LogP contribution in [-0.4, -0.2) is 29.7 Å². The van der Waals surface area contributed by atoms with Gasteiger partial charge in [0.2, 0.25) is 0 Å². The first-order valence-electron chi connectivity index (χ1n) is 2.60. The molecule has 5 heteroatoms. The number of hydrogen-bond acceptors (Lipinski definition) is 2. The van der Waals surface area contributed by atoms with Gasteiger partial charge < -0.3 is 4.90 Å². The maximum absolute atomic E-state index is 11.6. The second kappa shape index (κ2) is 3.14. The molecule has 3 radical (unpaired) electrons. The van der Waals surface area contributed by atoms with Gasteiger partial charge in [-0.1, -0.05) is 11.6 Å². The van der Waals surface area contributed by atoms with Gasteiger partial charge in [-0.2, -0.15) is 0 Å². The van der Waals surface area contributed by atoms with Crippen LogP contribution in [0.25, 0.3) is 0 Å². The third-order valence-electron chi connectivity index (χ3n) is 0.875. The van der Waals surface area contributed by atoms with Crippen molar-refractivity contribution in [1.29, 1.82) is 0 Å². The zero-order valence-electron chi connectivity index (χ0n) is 4.89. The fourth-order valence-corrected chi connectivity index (χ4v) is 0.700. The Kier molecular flexibility index (Phi) is 2.43. The number of nitrogens with zero attached hydrogens (tertiary/aromatic N) is 2. The lowest BCUT2D eigenvalue weighted by molar-refractivity contribution is 0.126. The molecule has 55 valence electrons. The summed E-state index contributed by atoms with van der Waals surface area (Å²) in [7, 11) is 0. The lowest BCUT2D eigenvalue weighted by atomic mass is 10.5. The molecular weight excluding hydrogens is 162 g/mol. The third kappa shape index (κ3) is 2.10. The Morgan fingerprint density at radius 1 is 1.70 bits per heavy atom. The highest BCUT2D eigenvalue weighted by molar-refractivity contribution is 6.22. The number of alkyl halides is 3. The second-order valence-electron chi connectivity index (χ2n) is 1.70. The van der Waals surface area contributed by atoms with Gasteiger partial charge in [-0.3, -0.25) is 0 Å². The van der Waals surface area contributed by atoms with Crippen molar-refractivity contribution >= 4 is 17.9 Å². The summed E-state index contributed by atoms with van der Waals surface area (Å²) in [6.07, 6.45) is -0.132. The summed E-state index contributed by atoms with van der Waals surface area (Å²) in [4.78, 5) is 4.50. The Morgan fingerprint density at radius 3 is 2.80 bits per heavy atom. The van der Waals surface area contributed by atoms with E-state index in [4.69, 9.17) is 11.6 Å². The van der Waals surface area contributed by atoms with Crippen molar-refractivity contribution in [2.75, 3.05) is 6.54 Å². The predicted octanol–water partition coefficient (Wildman–Crippen LogP) is 1.08. The Hall–Kier alpha value is -0.380. The largest absolute Gasteiger partial charge is 0.334 e. The summed E-state index contributed by atoms with van der Waals surface area (Å²) in [5.74, 6) is 0. The van der Waals surface area contributed by atoms with Crippen LogP contribution in [0.5, 0.6) is 0 Å². The molecule has 0 saturated carbocycles. The molecule has 0 aliphatic carbocycles. The SMILES string of the molecule is FC(F)CN1[C]C(Cl)N=[C]1. The van der Waals surface area contributed by atoms with Crippen LogP contribution >= 0.6 is 11.6 Å². The summed E-state index contributed by atoms with van der Waals surface area (Å²) >= 11 is 5.36. The number of halogens is 3. The van der Waals surface area contributed by atoms with E-state index in [-0.39, 0.29) is 0 Å².